The number of sulfonamides is 1. The molecule has 0 spiro atoms. The summed E-state index contributed by atoms with van der Waals surface area (Å²) in [5, 5.41) is 2.85. The quantitative estimate of drug-likeness (QED) is 0.780. The Bertz CT molecular complexity index is 983. The highest BCUT2D eigenvalue weighted by molar-refractivity contribution is 7.89. The van der Waals surface area contributed by atoms with Gasteiger partial charge in [0.05, 0.1) is 24.2 Å². The summed E-state index contributed by atoms with van der Waals surface area (Å²) in [6.07, 6.45) is 0. The van der Waals surface area contributed by atoms with Crippen LogP contribution in [0.25, 0.3) is 0 Å². The zero-order valence-electron chi connectivity index (χ0n) is 17.0. The number of benzene rings is 2. The Kier molecular flexibility index (Phi) is 6.56. The normalized spacial score (nSPS) is 15.8. The lowest BCUT2D eigenvalue weighted by Crippen LogP contribution is -2.50. The second-order valence-corrected chi connectivity index (χ2v) is 9.11. The molecular formula is C21H27N3O4S. The van der Waals surface area contributed by atoms with Crippen molar-refractivity contribution in [2.75, 3.05) is 45.2 Å². The molecule has 1 fully saturated rings. The number of aryl methyl sites for hydroxylation is 2. The van der Waals surface area contributed by atoms with Crippen LogP contribution in [0.4, 0.5) is 5.69 Å². The van der Waals surface area contributed by atoms with Gasteiger partial charge in [-0.25, -0.2) is 8.42 Å². The van der Waals surface area contributed by atoms with Crippen molar-refractivity contribution in [2.24, 2.45) is 0 Å². The highest BCUT2D eigenvalue weighted by Crippen LogP contribution is 2.23. The molecule has 0 aromatic heterocycles. The lowest BCUT2D eigenvalue weighted by atomic mass is 10.1. The van der Waals surface area contributed by atoms with Crippen LogP contribution in [0.3, 0.4) is 0 Å². The second kappa shape index (κ2) is 8.94. The summed E-state index contributed by atoms with van der Waals surface area (Å²) in [4.78, 5) is 14.7. The van der Waals surface area contributed by atoms with E-state index < -0.39 is 10.0 Å². The number of piperazine rings is 1. The molecule has 1 heterocycles. The van der Waals surface area contributed by atoms with Crippen LogP contribution in [-0.2, 0) is 14.8 Å². The van der Waals surface area contributed by atoms with Gasteiger partial charge in [-0.2, -0.15) is 4.31 Å². The van der Waals surface area contributed by atoms with Crippen molar-refractivity contribution in [3.05, 3.63) is 53.6 Å². The minimum absolute atomic E-state index is 0.153. The van der Waals surface area contributed by atoms with Crippen LogP contribution in [0, 0.1) is 13.8 Å². The molecule has 0 saturated carbocycles. The maximum absolute atomic E-state index is 12.9. The molecule has 2 aromatic rings. The standard InChI is InChI=1S/C21H27N3O4S/c1-16-8-9-18(14-17(16)2)29(26,27)24-12-10-23(11-13-24)15-21(25)22-19-6-4-5-7-20(19)28-3/h4-9,14H,10-13,15H2,1-3H3,(H,22,25). The van der Waals surface area contributed by atoms with Crippen LogP contribution in [0.2, 0.25) is 0 Å². The van der Waals surface area contributed by atoms with Gasteiger partial charge in [-0.1, -0.05) is 18.2 Å². The SMILES string of the molecule is COc1ccccc1NC(=O)CN1CCN(S(=O)(=O)c2ccc(C)c(C)c2)CC1. The molecule has 0 aliphatic carbocycles. The summed E-state index contributed by atoms with van der Waals surface area (Å²) in [6, 6.07) is 12.4. The molecule has 1 saturated heterocycles. The van der Waals surface area contributed by atoms with E-state index in [1.54, 1.807) is 31.4 Å². The van der Waals surface area contributed by atoms with Crippen LogP contribution in [-0.4, -0.2) is 63.4 Å². The third-order valence-corrected chi connectivity index (χ3v) is 7.09. The Morgan fingerprint density at radius 3 is 2.38 bits per heavy atom. The van der Waals surface area contributed by atoms with Crippen LogP contribution in [0.15, 0.2) is 47.4 Å². The Labute approximate surface area is 172 Å². The van der Waals surface area contributed by atoms with Crippen molar-refractivity contribution in [1.82, 2.24) is 9.21 Å². The Hall–Kier alpha value is -2.42. The van der Waals surface area contributed by atoms with Crippen LogP contribution < -0.4 is 10.1 Å². The van der Waals surface area contributed by atoms with E-state index in [-0.39, 0.29) is 12.5 Å². The first-order chi connectivity index (χ1) is 13.8. The highest BCUT2D eigenvalue weighted by atomic mass is 32.2. The minimum atomic E-state index is -3.52. The van der Waals surface area contributed by atoms with Gasteiger partial charge in [0, 0.05) is 26.2 Å². The fraction of sp³-hybridized carbons (Fsp3) is 0.381. The van der Waals surface area contributed by atoms with Gasteiger partial charge >= 0.3 is 0 Å². The van der Waals surface area contributed by atoms with E-state index in [4.69, 9.17) is 4.74 Å². The number of methoxy groups -OCH3 is 1. The van der Waals surface area contributed by atoms with Crippen molar-refractivity contribution in [2.45, 2.75) is 18.7 Å². The van der Waals surface area contributed by atoms with E-state index in [0.29, 0.717) is 42.5 Å². The first-order valence-electron chi connectivity index (χ1n) is 9.54. The average Bonchev–Trinajstić information content (AvgIpc) is 2.70. The summed E-state index contributed by atoms with van der Waals surface area (Å²) < 4.78 is 32.5. The third-order valence-electron chi connectivity index (χ3n) is 5.20. The van der Waals surface area contributed by atoms with Gasteiger partial charge in [-0.15, -0.1) is 0 Å². The van der Waals surface area contributed by atoms with Gasteiger partial charge in [0.25, 0.3) is 0 Å². The summed E-state index contributed by atoms with van der Waals surface area (Å²) in [7, 11) is -1.97. The van der Waals surface area contributed by atoms with Crippen LogP contribution in [0.5, 0.6) is 5.75 Å². The monoisotopic (exact) mass is 417 g/mol. The largest absolute Gasteiger partial charge is 0.495 e. The maximum atomic E-state index is 12.9. The van der Waals surface area contributed by atoms with Gasteiger partial charge in [0.2, 0.25) is 15.9 Å². The van der Waals surface area contributed by atoms with E-state index in [0.717, 1.165) is 11.1 Å². The van der Waals surface area contributed by atoms with Gasteiger partial charge in [-0.05, 0) is 49.2 Å². The van der Waals surface area contributed by atoms with Gasteiger partial charge in [0.1, 0.15) is 5.75 Å². The molecule has 156 valence electrons. The topological polar surface area (TPSA) is 79.0 Å². The summed E-state index contributed by atoms with van der Waals surface area (Å²) >= 11 is 0. The number of nitrogens with zero attached hydrogens (tertiary/aromatic N) is 2. The summed E-state index contributed by atoms with van der Waals surface area (Å²) in [5.41, 5.74) is 2.64. The minimum Gasteiger partial charge on any atom is -0.495 e. The van der Waals surface area contributed by atoms with Gasteiger partial charge in [-0.3, -0.25) is 9.69 Å². The number of rotatable bonds is 6. The zero-order chi connectivity index (χ0) is 21.0. The molecule has 1 N–H and O–H groups in total. The fourth-order valence-corrected chi connectivity index (χ4v) is 4.80. The molecule has 0 radical (unpaired) electrons. The van der Waals surface area contributed by atoms with Crippen molar-refractivity contribution in [1.29, 1.82) is 0 Å². The molecule has 1 amide bonds. The maximum Gasteiger partial charge on any atom is 0.243 e. The molecule has 1 aliphatic heterocycles. The van der Waals surface area contributed by atoms with E-state index in [1.165, 1.54) is 4.31 Å². The second-order valence-electron chi connectivity index (χ2n) is 7.17. The van der Waals surface area contributed by atoms with Crippen molar-refractivity contribution in [3.8, 4) is 5.75 Å². The van der Waals surface area contributed by atoms with E-state index in [9.17, 15) is 13.2 Å². The lowest BCUT2D eigenvalue weighted by molar-refractivity contribution is -0.117. The fourth-order valence-electron chi connectivity index (χ4n) is 3.29. The Balaban J connectivity index is 1.57. The van der Waals surface area contributed by atoms with Crippen LogP contribution in [0.1, 0.15) is 11.1 Å². The molecule has 3 rings (SSSR count). The number of hydrogen-bond acceptors (Lipinski definition) is 5. The van der Waals surface area contributed by atoms with Crippen molar-refractivity contribution < 1.29 is 17.9 Å². The van der Waals surface area contributed by atoms with E-state index in [2.05, 4.69) is 5.32 Å². The number of para-hydroxylation sites is 2. The van der Waals surface area contributed by atoms with E-state index >= 15 is 0 Å². The van der Waals surface area contributed by atoms with Gasteiger partial charge < -0.3 is 10.1 Å². The molecule has 8 heteroatoms. The van der Waals surface area contributed by atoms with Gasteiger partial charge in [0.15, 0.2) is 0 Å². The third kappa shape index (κ3) is 4.95. The predicted octanol–water partition coefficient (Wildman–Crippen LogP) is 2.26. The molecule has 0 bridgehead atoms. The lowest BCUT2D eigenvalue weighted by Gasteiger charge is -2.33. The molecular weight excluding hydrogens is 390 g/mol. The predicted molar refractivity (Wildman–Crippen MR) is 113 cm³/mol. The van der Waals surface area contributed by atoms with Crippen molar-refractivity contribution in [3.63, 3.8) is 0 Å². The highest BCUT2D eigenvalue weighted by Gasteiger charge is 2.29. The molecule has 1 aliphatic rings. The first kappa shape index (κ1) is 21.3. The number of nitrogens with one attached hydrogen (secondary N) is 1. The zero-order valence-corrected chi connectivity index (χ0v) is 17.8. The average molecular weight is 418 g/mol. The number of hydrogen-bond donors (Lipinski definition) is 1. The first-order valence-corrected chi connectivity index (χ1v) is 11.0. The summed E-state index contributed by atoms with van der Waals surface area (Å²) in [6.45, 7) is 5.80. The molecule has 0 atom stereocenters. The van der Waals surface area contributed by atoms with Crippen molar-refractivity contribution >= 4 is 21.6 Å². The number of carbonyl (C=O) groups is 1. The Morgan fingerprint density at radius 1 is 1.03 bits per heavy atom. The molecule has 2 aromatic carbocycles. The number of ether oxygens (including phenoxy) is 1. The van der Waals surface area contributed by atoms with E-state index in [1.807, 2.05) is 36.9 Å². The summed E-state index contributed by atoms with van der Waals surface area (Å²) in [5.74, 6) is 0.449. The molecule has 7 nitrogen and oxygen atoms in total. The number of anilines is 1. The molecule has 0 unspecified atom stereocenters. The van der Waals surface area contributed by atoms with Crippen LogP contribution >= 0.6 is 0 Å². The molecule has 29 heavy (non-hydrogen) atoms. The smallest absolute Gasteiger partial charge is 0.243 e. The number of amides is 1. The number of carbonyl (C=O) groups excluding carboxylic acids is 1. The Morgan fingerprint density at radius 2 is 1.72 bits per heavy atom.